The van der Waals surface area contributed by atoms with Crippen molar-refractivity contribution in [2.24, 2.45) is 0 Å². The van der Waals surface area contributed by atoms with Gasteiger partial charge in [0.15, 0.2) is 0 Å². The average molecular weight is 250 g/mol. The van der Waals surface area contributed by atoms with Crippen LogP contribution >= 0.6 is 0 Å². The molecule has 18 heavy (non-hydrogen) atoms. The molecule has 0 bridgehead atoms. The number of nitrogens with zero attached hydrogens (tertiary/aromatic N) is 1. The van der Waals surface area contributed by atoms with Gasteiger partial charge in [-0.05, 0) is 39.3 Å². The maximum Gasteiger partial charge on any atom is 0.303 e. The summed E-state index contributed by atoms with van der Waals surface area (Å²) in [6, 6.07) is 3.46. The van der Waals surface area contributed by atoms with Crippen molar-refractivity contribution in [2.45, 2.75) is 39.2 Å². The van der Waals surface area contributed by atoms with Gasteiger partial charge in [-0.25, -0.2) is 0 Å². The molecule has 0 aromatic carbocycles. The second kappa shape index (κ2) is 5.62. The molecule has 5 heteroatoms. The van der Waals surface area contributed by atoms with Gasteiger partial charge in [0.1, 0.15) is 0 Å². The van der Waals surface area contributed by atoms with Crippen LogP contribution in [0.2, 0.25) is 0 Å². The number of rotatable bonds is 5. The van der Waals surface area contributed by atoms with E-state index < -0.39 is 11.5 Å². The summed E-state index contributed by atoms with van der Waals surface area (Å²) in [7, 11) is 0. The second-order valence-corrected chi connectivity index (χ2v) is 4.92. The normalized spacial score (nSPS) is 11.1. The van der Waals surface area contributed by atoms with Crippen LogP contribution < -0.4 is 5.32 Å². The number of nitrogens with one attached hydrogen (secondary N) is 1. The molecule has 2 N–H and O–H groups in total. The van der Waals surface area contributed by atoms with Gasteiger partial charge in [0.05, 0.1) is 5.56 Å². The van der Waals surface area contributed by atoms with Gasteiger partial charge in [0.25, 0.3) is 5.91 Å². The van der Waals surface area contributed by atoms with E-state index in [1.54, 1.807) is 26.0 Å². The monoisotopic (exact) mass is 250 g/mol. The molecule has 1 rings (SSSR count). The van der Waals surface area contributed by atoms with Gasteiger partial charge in [-0.1, -0.05) is 0 Å². The van der Waals surface area contributed by atoms with Gasteiger partial charge < -0.3 is 10.4 Å². The number of carboxylic acids is 1. The number of aryl methyl sites for hydroxylation is 1. The number of hydrogen-bond acceptors (Lipinski definition) is 3. The largest absolute Gasteiger partial charge is 0.481 e. The van der Waals surface area contributed by atoms with E-state index in [-0.39, 0.29) is 12.3 Å². The van der Waals surface area contributed by atoms with Crippen molar-refractivity contribution >= 4 is 11.9 Å². The number of pyridine rings is 1. The zero-order valence-electron chi connectivity index (χ0n) is 10.9. The molecule has 0 aliphatic heterocycles. The molecular weight excluding hydrogens is 232 g/mol. The standard InChI is InChI=1S/C13H18N2O3/c1-9-4-5-10(8-14-9)12(18)15-13(2,3)7-6-11(16)17/h4-5,8H,6-7H2,1-3H3,(H,15,18)(H,16,17). The van der Waals surface area contributed by atoms with E-state index >= 15 is 0 Å². The van der Waals surface area contributed by atoms with E-state index in [9.17, 15) is 9.59 Å². The molecule has 0 atom stereocenters. The highest BCUT2D eigenvalue weighted by Crippen LogP contribution is 2.12. The fourth-order valence-electron chi connectivity index (χ4n) is 1.46. The Morgan fingerprint density at radius 2 is 2.06 bits per heavy atom. The number of carbonyl (C=O) groups is 2. The predicted octanol–water partition coefficient (Wildman–Crippen LogP) is 1.76. The van der Waals surface area contributed by atoms with Crippen molar-refractivity contribution in [3.8, 4) is 0 Å². The van der Waals surface area contributed by atoms with E-state index in [0.29, 0.717) is 12.0 Å². The van der Waals surface area contributed by atoms with Crippen molar-refractivity contribution in [3.63, 3.8) is 0 Å². The Balaban J connectivity index is 2.63. The average Bonchev–Trinajstić information content (AvgIpc) is 2.27. The van der Waals surface area contributed by atoms with Crippen LogP contribution in [0.15, 0.2) is 18.3 Å². The third kappa shape index (κ3) is 4.53. The number of carbonyl (C=O) groups excluding carboxylic acids is 1. The molecule has 0 spiro atoms. The van der Waals surface area contributed by atoms with Crippen LogP contribution in [-0.4, -0.2) is 27.5 Å². The van der Waals surface area contributed by atoms with Crippen LogP contribution in [0, 0.1) is 6.92 Å². The summed E-state index contributed by atoms with van der Waals surface area (Å²) in [5.74, 6) is -1.10. The van der Waals surface area contributed by atoms with Gasteiger partial charge in [-0.3, -0.25) is 14.6 Å². The summed E-state index contributed by atoms with van der Waals surface area (Å²) in [5.41, 5.74) is 0.765. The highest BCUT2D eigenvalue weighted by atomic mass is 16.4. The topological polar surface area (TPSA) is 79.3 Å². The second-order valence-electron chi connectivity index (χ2n) is 4.92. The van der Waals surface area contributed by atoms with Crippen LogP contribution in [0.1, 0.15) is 42.7 Å². The van der Waals surface area contributed by atoms with Gasteiger partial charge >= 0.3 is 5.97 Å². The van der Waals surface area contributed by atoms with Crippen molar-refractivity contribution in [3.05, 3.63) is 29.6 Å². The number of aromatic nitrogens is 1. The maximum atomic E-state index is 11.9. The van der Waals surface area contributed by atoms with Crippen molar-refractivity contribution in [2.75, 3.05) is 0 Å². The Labute approximate surface area is 106 Å². The Morgan fingerprint density at radius 1 is 1.39 bits per heavy atom. The van der Waals surface area contributed by atoms with E-state index in [4.69, 9.17) is 5.11 Å². The lowest BCUT2D eigenvalue weighted by Crippen LogP contribution is -2.43. The molecule has 0 unspecified atom stereocenters. The van der Waals surface area contributed by atoms with E-state index in [1.807, 2.05) is 6.92 Å². The SMILES string of the molecule is Cc1ccc(C(=O)NC(C)(C)CCC(=O)O)cn1. The first-order valence-corrected chi connectivity index (χ1v) is 5.77. The van der Waals surface area contributed by atoms with E-state index in [2.05, 4.69) is 10.3 Å². The van der Waals surface area contributed by atoms with Gasteiger partial charge in [0, 0.05) is 23.9 Å². The summed E-state index contributed by atoms with van der Waals surface area (Å²) in [6.45, 7) is 5.45. The molecule has 0 fully saturated rings. The minimum atomic E-state index is -0.866. The Morgan fingerprint density at radius 3 is 2.56 bits per heavy atom. The Kier molecular flexibility index (Phi) is 4.42. The molecular formula is C13H18N2O3. The highest BCUT2D eigenvalue weighted by Gasteiger charge is 2.22. The Hall–Kier alpha value is -1.91. The molecule has 1 aromatic rings. The molecule has 0 aliphatic carbocycles. The van der Waals surface area contributed by atoms with Gasteiger partial charge in [0.2, 0.25) is 0 Å². The van der Waals surface area contributed by atoms with Crippen LogP contribution in [0.4, 0.5) is 0 Å². The summed E-state index contributed by atoms with van der Waals surface area (Å²) in [5, 5.41) is 11.4. The zero-order chi connectivity index (χ0) is 13.8. The fourth-order valence-corrected chi connectivity index (χ4v) is 1.46. The van der Waals surface area contributed by atoms with Crippen LogP contribution in [0.5, 0.6) is 0 Å². The lowest BCUT2D eigenvalue weighted by atomic mass is 9.98. The Bertz CT molecular complexity index is 438. The summed E-state index contributed by atoms with van der Waals surface area (Å²) < 4.78 is 0. The zero-order valence-corrected chi connectivity index (χ0v) is 10.9. The van der Waals surface area contributed by atoms with Crippen molar-refractivity contribution in [1.29, 1.82) is 0 Å². The van der Waals surface area contributed by atoms with Gasteiger partial charge in [-0.15, -0.1) is 0 Å². The number of hydrogen-bond donors (Lipinski definition) is 2. The molecule has 0 aliphatic rings. The summed E-state index contributed by atoms with van der Waals surface area (Å²) in [6.07, 6.45) is 1.92. The minimum absolute atomic E-state index is 0.0272. The third-order valence-corrected chi connectivity index (χ3v) is 2.59. The first-order chi connectivity index (χ1) is 8.30. The molecule has 1 heterocycles. The molecule has 5 nitrogen and oxygen atoms in total. The van der Waals surface area contributed by atoms with Crippen molar-refractivity contribution in [1.82, 2.24) is 10.3 Å². The minimum Gasteiger partial charge on any atom is -0.481 e. The number of aliphatic carboxylic acids is 1. The molecule has 98 valence electrons. The summed E-state index contributed by atoms with van der Waals surface area (Å²) >= 11 is 0. The van der Waals surface area contributed by atoms with Crippen LogP contribution in [-0.2, 0) is 4.79 Å². The first kappa shape index (κ1) is 14.2. The quantitative estimate of drug-likeness (QED) is 0.834. The lowest BCUT2D eigenvalue weighted by Gasteiger charge is -2.25. The molecule has 1 amide bonds. The smallest absolute Gasteiger partial charge is 0.303 e. The molecule has 0 radical (unpaired) electrons. The van der Waals surface area contributed by atoms with Gasteiger partial charge in [-0.2, -0.15) is 0 Å². The number of amides is 1. The van der Waals surface area contributed by atoms with Crippen molar-refractivity contribution < 1.29 is 14.7 Å². The predicted molar refractivity (Wildman–Crippen MR) is 67.4 cm³/mol. The van der Waals surface area contributed by atoms with E-state index in [0.717, 1.165) is 5.69 Å². The van der Waals surface area contributed by atoms with E-state index in [1.165, 1.54) is 6.20 Å². The molecule has 1 aromatic heterocycles. The van der Waals surface area contributed by atoms with Crippen LogP contribution in [0.25, 0.3) is 0 Å². The summed E-state index contributed by atoms with van der Waals surface area (Å²) in [4.78, 5) is 26.5. The lowest BCUT2D eigenvalue weighted by molar-refractivity contribution is -0.137. The maximum absolute atomic E-state index is 11.9. The first-order valence-electron chi connectivity index (χ1n) is 5.77. The number of carboxylic acid groups (broad SMARTS) is 1. The third-order valence-electron chi connectivity index (χ3n) is 2.59. The molecule has 0 saturated heterocycles. The fraction of sp³-hybridized carbons (Fsp3) is 0.462. The highest BCUT2D eigenvalue weighted by molar-refractivity contribution is 5.94. The molecule has 0 saturated carbocycles. The van der Waals surface area contributed by atoms with Crippen LogP contribution in [0.3, 0.4) is 0 Å².